The summed E-state index contributed by atoms with van der Waals surface area (Å²) in [5.74, 6) is 1.27. The van der Waals surface area contributed by atoms with Gasteiger partial charge in [-0.25, -0.2) is 0 Å². The first-order valence-electron chi connectivity index (χ1n) is 8.57. The van der Waals surface area contributed by atoms with Crippen molar-refractivity contribution in [2.24, 2.45) is 17.8 Å². The number of carbonyl (C=O) groups excluding carboxylic acids is 3. The summed E-state index contributed by atoms with van der Waals surface area (Å²) < 4.78 is 5.16. The van der Waals surface area contributed by atoms with Crippen molar-refractivity contribution in [1.29, 1.82) is 0 Å². The minimum atomic E-state index is -0.268. The molecule has 0 aromatic heterocycles. The first-order chi connectivity index (χ1) is 11.5. The Labute approximate surface area is 141 Å². The minimum absolute atomic E-state index is 0.163. The normalized spacial score (nSPS) is 24.6. The molecule has 5 heteroatoms. The Hall–Kier alpha value is -2.17. The van der Waals surface area contributed by atoms with Crippen LogP contribution in [0.25, 0.3) is 0 Å². The molecule has 0 aliphatic heterocycles. The molecule has 3 atom stereocenters. The van der Waals surface area contributed by atoms with Crippen molar-refractivity contribution < 1.29 is 19.1 Å². The second-order valence-electron chi connectivity index (χ2n) is 6.98. The lowest BCUT2D eigenvalue weighted by molar-refractivity contribution is -0.144. The van der Waals surface area contributed by atoms with E-state index in [0.29, 0.717) is 29.5 Å². The zero-order chi connectivity index (χ0) is 17.1. The van der Waals surface area contributed by atoms with Crippen LogP contribution in [-0.4, -0.2) is 24.3 Å². The average Bonchev–Trinajstić information content (AvgIpc) is 3.15. The van der Waals surface area contributed by atoms with Gasteiger partial charge in [0.25, 0.3) is 0 Å². The number of Topliss-reactive ketones (excluding diaryl/α,β-unsaturated/α-hetero) is 1. The van der Waals surface area contributed by atoms with E-state index in [0.717, 1.165) is 12.3 Å². The van der Waals surface area contributed by atoms with Gasteiger partial charge in [-0.05, 0) is 61.3 Å². The van der Waals surface area contributed by atoms with Crippen molar-refractivity contribution in [3.63, 3.8) is 0 Å². The maximum Gasteiger partial charge on any atom is 0.306 e. The summed E-state index contributed by atoms with van der Waals surface area (Å²) in [5.41, 5.74) is 1.10. The van der Waals surface area contributed by atoms with Crippen molar-refractivity contribution in [2.75, 3.05) is 11.9 Å². The highest BCUT2D eigenvalue weighted by molar-refractivity contribution is 5.98. The summed E-state index contributed by atoms with van der Waals surface area (Å²) in [4.78, 5) is 35.0. The molecule has 2 aliphatic rings. The number of fused-ring (bicyclic) bond motifs is 2. The van der Waals surface area contributed by atoms with Gasteiger partial charge in [-0.15, -0.1) is 0 Å². The number of benzene rings is 1. The van der Waals surface area contributed by atoms with Crippen LogP contribution < -0.4 is 5.32 Å². The lowest BCUT2D eigenvalue weighted by Crippen LogP contribution is -2.19. The van der Waals surface area contributed by atoms with E-state index in [9.17, 15) is 14.4 Å². The molecule has 0 spiro atoms. The highest BCUT2D eigenvalue weighted by Crippen LogP contribution is 2.49. The molecule has 0 saturated heterocycles. The Morgan fingerprint density at radius 2 is 1.88 bits per heavy atom. The molecule has 1 aromatic carbocycles. The third kappa shape index (κ3) is 4.02. The van der Waals surface area contributed by atoms with Crippen LogP contribution >= 0.6 is 0 Å². The van der Waals surface area contributed by atoms with E-state index in [1.165, 1.54) is 26.2 Å². The lowest BCUT2D eigenvalue weighted by atomic mass is 9.86. The number of carbonyl (C=O) groups is 3. The summed E-state index contributed by atoms with van der Waals surface area (Å²) in [7, 11) is 0. The average molecular weight is 329 g/mol. The van der Waals surface area contributed by atoms with Gasteiger partial charge in [0.1, 0.15) is 0 Å². The third-order valence-corrected chi connectivity index (χ3v) is 5.20. The van der Waals surface area contributed by atoms with E-state index in [4.69, 9.17) is 4.74 Å². The number of rotatable bonds is 6. The highest BCUT2D eigenvalue weighted by Gasteiger charge is 2.40. The second kappa shape index (κ2) is 7.16. The van der Waals surface area contributed by atoms with Gasteiger partial charge >= 0.3 is 5.97 Å². The molecule has 128 valence electrons. The predicted octanol–water partition coefficient (Wildman–Crippen LogP) is 3.20. The quantitative estimate of drug-likeness (QED) is 0.642. The molecule has 1 amide bonds. The van der Waals surface area contributed by atoms with Gasteiger partial charge in [0.15, 0.2) is 12.4 Å². The number of nitrogens with one attached hydrogen (secondary N) is 1. The minimum Gasteiger partial charge on any atom is -0.457 e. The Balaban J connectivity index is 1.44. The number of hydrogen-bond donors (Lipinski definition) is 1. The monoisotopic (exact) mass is 329 g/mol. The van der Waals surface area contributed by atoms with E-state index in [1.54, 1.807) is 24.3 Å². The van der Waals surface area contributed by atoms with E-state index in [2.05, 4.69) is 5.32 Å². The fourth-order valence-corrected chi connectivity index (χ4v) is 4.07. The van der Waals surface area contributed by atoms with Crippen LogP contribution in [0.4, 0.5) is 5.69 Å². The van der Waals surface area contributed by atoms with Gasteiger partial charge in [-0.3, -0.25) is 14.4 Å². The number of anilines is 1. The first kappa shape index (κ1) is 16.7. The maximum atomic E-state index is 12.1. The Morgan fingerprint density at radius 3 is 2.46 bits per heavy atom. The molecule has 3 rings (SSSR count). The van der Waals surface area contributed by atoms with Gasteiger partial charge < -0.3 is 10.1 Å². The van der Waals surface area contributed by atoms with E-state index < -0.39 is 0 Å². The lowest BCUT2D eigenvalue weighted by Gasteiger charge is -2.20. The standard InChI is InChI=1S/C19H23NO4/c1-12(21)20-17-6-4-14(5-7-17)18(22)11-24-19(23)10-16-9-13-2-3-15(16)8-13/h4-7,13,15-16H,2-3,8-11H2,1H3,(H,20,21)/t13-,15-,16-/m1/s1. The molecule has 5 nitrogen and oxygen atoms in total. The zero-order valence-corrected chi connectivity index (χ0v) is 13.9. The number of ketones is 1. The predicted molar refractivity (Wildman–Crippen MR) is 89.6 cm³/mol. The van der Waals surface area contributed by atoms with Crippen molar-refractivity contribution in [1.82, 2.24) is 0 Å². The van der Waals surface area contributed by atoms with Crippen LogP contribution in [0.3, 0.4) is 0 Å². The molecular formula is C19H23NO4. The summed E-state index contributed by atoms with van der Waals surface area (Å²) >= 11 is 0. The molecule has 0 unspecified atom stereocenters. The SMILES string of the molecule is CC(=O)Nc1ccc(C(=O)COC(=O)C[C@H]2C[C@@H]3CC[C@@H]2C3)cc1. The Kier molecular flexibility index (Phi) is 4.97. The molecule has 24 heavy (non-hydrogen) atoms. The number of amides is 1. The molecule has 0 radical (unpaired) electrons. The summed E-state index contributed by atoms with van der Waals surface area (Å²) in [5, 5.41) is 2.64. The summed E-state index contributed by atoms with van der Waals surface area (Å²) in [6.45, 7) is 1.20. The molecular weight excluding hydrogens is 306 g/mol. The molecule has 1 N–H and O–H groups in total. The first-order valence-corrected chi connectivity index (χ1v) is 8.57. The van der Waals surface area contributed by atoms with Gasteiger partial charge in [0.05, 0.1) is 0 Å². The molecule has 0 heterocycles. The molecule has 2 saturated carbocycles. The van der Waals surface area contributed by atoms with Crippen molar-refractivity contribution in [3.05, 3.63) is 29.8 Å². The van der Waals surface area contributed by atoms with E-state index >= 15 is 0 Å². The van der Waals surface area contributed by atoms with Crippen molar-refractivity contribution in [3.8, 4) is 0 Å². The fraction of sp³-hybridized carbons (Fsp3) is 0.526. The topological polar surface area (TPSA) is 72.5 Å². The van der Waals surface area contributed by atoms with Gasteiger partial charge in [0, 0.05) is 24.6 Å². The second-order valence-corrected chi connectivity index (χ2v) is 6.98. The van der Waals surface area contributed by atoms with Gasteiger partial charge in [-0.1, -0.05) is 6.42 Å². The van der Waals surface area contributed by atoms with Gasteiger partial charge in [-0.2, -0.15) is 0 Å². The fourth-order valence-electron chi connectivity index (χ4n) is 4.07. The molecule has 2 bridgehead atoms. The van der Waals surface area contributed by atoms with Gasteiger partial charge in [0.2, 0.25) is 5.91 Å². The number of esters is 1. The van der Waals surface area contributed by atoms with Crippen LogP contribution in [0.15, 0.2) is 24.3 Å². The highest BCUT2D eigenvalue weighted by atomic mass is 16.5. The third-order valence-electron chi connectivity index (χ3n) is 5.20. The van der Waals surface area contributed by atoms with E-state index in [1.807, 2.05) is 0 Å². The van der Waals surface area contributed by atoms with Crippen molar-refractivity contribution in [2.45, 2.75) is 39.0 Å². The Bertz CT molecular complexity index is 637. The van der Waals surface area contributed by atoms with Crippen LogP contribution in [-0.2, 0) is 14.3 Å². The summed E-state index contributed by atoms with van der Waals surface area (Å²) in [6.07, 6.45) is 5.39. The number of ether oxygens (including phenoxy) is 1. The van der Waals surface area contributed by atoms with Crippen LogP contribution in [0.2, 0.25) is 0 Å². The van der Waals surface area contributed by atoms with Crippen LogP contribution in [0.1, 0.15) is 49.4 Å². The smallest absolute Gasteiger partial charge is 0.306 e. The van der Waals surface area contributed by atoms with Crippen LogP contribution in [0.5, 0.6) is 0 Å². The van der Waals surface area contributed by atoms with Crippen molar-refractivity contribution >= 4 is 23.3 Å². The molecule has 2 aliphatic carbocycles. The Morgan fingerprint density at radius 1 is 1.12 bits per heavy atom. The molecule has 1 aromatic rings. The van der Waals surface area contributed by atoms with Crippen LogP contribution in [0, 0.1) is 17.8 Å². The van der Waals surface area contributed by atoms with E-state index in [-0.39, 0.29) is 24.3 Å². The zero-order valence-electron chi connectivity index (χ0n) is 13.9. The molecule has 2 fully saturated rings. The summed E-state index contributed by atoms with van der Waals surface area (Å²) in [6, 6.07) is 6.56. The maximum absolute atomic E-state index is 12.1. The number of hydrogen-bond acceptors (Lipinski definition) is 4. The largest absolute Gasteiger partial charge is 0.457 e.